The van der Waals surface area contributed by atoms with E-state index in [4.69, 9.17) is 27.9 Å². The Morgan fingerprint density at radius 2 is 1.78 bits per heavy atom. The molecule has 0 spiro atoms. The number of nitrogens with zero attached hydrogens (tertiary/aromatic N) is 2. The van der Waals surface area contributed by atoms with Crippen molar-refractivity contribution >= 4 is 35.0 Å². The maximum absolute atomic E-state index is 12.8. The number of ether oxygens (including phenoxy) is 1. The minimum atomic E-state index is -0.183. The molecule has 1 aliphatic heterocycles. The zero-order chi connectivity index (χ0) is 17.0. The van der Waals surface area contributed by atoms with Crippen LogP contribution in [-0.4, -0.2) is 54.9 Å². The molecular formula is C16H20Cl2N2O3. The van der Waals surface area contributed by atoms with Crippen LogP contribution in [-0.2, 0) is 4.79 Å². The van der Waals surface area contributed by atoms with E-state index in [1.54, 1.807) is 21.9 Å². The highest BCUT2D eigenvalue weighted by atomic mass is 35.5. The topological polar surface area (TPSA) is 49.9 Å². The predicted octanol–water partition coefficient (Wildman–Crippen LogP) is 3.09. The van der Waals surface area contributed by atoms with Gasteiger partial charge in [-0.1, -0.05) is 30.1 Å². The van der Waals surface area contributed by atoms with Gasteiger partial charge in [-0.05, 0) is 18.6 Å². The summed E-state index contributed by atoms with van der Waals surface area (Å²) in [5.41, 5.74) is 0.347. The Kier molecular flexibility index (Phi) is 6.13. The molecule has 7 heteroatoms. The van der Waals surface area contributed by atoms with E-state index in [1.807, 2.05) is 6.92 Å². The van der Waals surface area contributed by atoms with Crippen LogP contribution in [0.1, 0.15) is 30.1 Å². The summed E-state index contributed by atoms with van der Waals surface area (Å²) in [6.45, 7) is 4.12. The average Bonchev–Trinajstić information content (AvgIpc) is 2.78. The van der Waals surface area contributed by atoms with Gasteiger partial charge in [0, 0.05) is 37.6 Å². The minimum Gasteiger partial charge on any atom is -0.494 e. The van der Waals surface area contributed by atoms with Crippen LogP contribution in [0.5, 0.6) is 5.75 Å². The van der Waals surface area contributed by atoms with E-state index >= 15 is 0 Å². The molecule has 2 rings (SSSR count). The van der Waals surface area contributed by atoms with Gasteiger partial charge in [0.15, 0.2) is 0 Å². The normalized spacial score (nSPS) is 15.3. The fourth-order valence-electron chi connectivity index (χ4n) is 2.69. The van der Waals surface area contributed by atoms with E-state index in [1.165, 1.54) is 7.11 Å². The van der Waals surface area contributed by atoms with Gasteiger partial charge in [0.25, 0.3) is 5.91 Å². The second-order valence-electron chi connectivity index (χ2n) is 5.35. The highest BCUT2D eigenvalue weighted by molar-refractivity contribution is 6.36. The van der Waals surface area contributed by atoms with Crippen molar-refractivity contribution in [2.75, 3.05) is 33.3 Å². The second-order valence-corrected chi connectivity index (χ2v) is 6.19. The SMILES string of the molecule is CCC(=O)N1CCCN(C(=O)c2cc(Cl)cc(Cl)c2OC)CC1. The van der Waals surface area contributed by atoms with Crippen LogP contribution >= 0.6 is 23.2 Å². The Morgan fingerprint density at radius 1 is 1.13 bits per heavy atom. The van der Waals surface area contributed by atoms with E-state index in [0.29, 0.717) is 54.0 Å². The molecule has 0 atom stereocenters. The molecule has 0 radical (unpaired) electrons. The first kappa shape index (κ1) is 17.9. The van der Waals surface area contributed by atoms with E-state index in [2.05, 4.69) is 0 Å². The standard InChI is InChI=1S/C16H20Cl2N2O3/c1-3-14(21)19-5-4-6-20(8-7-19)16(22)12-9-11(17)10-13(18)15(12)23-2/h9-10H,3-8H2,1-2H3. The average molecular weight is 359 g/mol. The molecular weight excluding hydrogens is 339 g/mol. The molecule has 0 aromatic heterocycles. The maximum Gasteiger partial charge on any atom is 0.257 e. The monoisotopic (exact) mass is 358 g/mol. The summed E-state index contributed by atoms with van der Waals surface area (Å²) in [5.74, 6) is 0.256. The Morgan fingerprint density at radius 3 is 2.43 bits per heavy atom. The van der Waals surface area contributed by atoms with E-state index < -0.39 is 0 Å². The van der Waals surface area contributed by atoms with Gasteiger partial charge < -0.3 is 14.5 Å². The molecule has 1 fully saturated rings. The lowest BCUT2D eigenvalue weighted by Crippen LogP contribution is -2.37. The van der Waals surface area contributed by atoms with Crippen LogP contribution in [0.3, 0.4) is 0 Å². The molecule has 0 saturated carbocycles. The Balaban J connectivity index is 2.19. The first-order chi connectivity index (χ1) is 11.0. The van der Waals surface area contributed by atoms with Gasteiger partial charge >= 0.3 is 0 Å². The van der Waals surface area contributed by atoms with Gasteiger partial charge in [0.05, 0.1) is 17.7 Å². The van der Waals surface area contributed by atoms with Crippen LogP contribution in [0, 0.1) is 0 Å². The van der Waals surface area contributed by atoms with Gasteiger partial charge in [-0.25, -0.2) is 0 Å². The summed E-state index contributed by atoms with van der Waals surface area (Å²) < 4.78 is 5.25. The maximum atomic E-state index is 12.8. The number of carbonyl (C=O) groups excluding carboxylic acids is 2. The number of benzene rings is 1. The highest BCUT2D eigenvalue weighted by Crippen LogP contribution is 2.33. The van der Waals surface area contributed by atoms with Crippen molar-refractivity contribution in [1.29, 1.82) is 0 Å². The molecule has 1 heterocycles. The molecule has 0 unspecified atom stereocenters. The highest BCUT2D eigenvalue weighted by Gasteiger charge is 2.25. The van der Waals surface area contributed by atoms with Gasteiger partial charge in [0.1, 0.15) is 5.75 Å². The number of methoxy groups -OCH3 is 1. The summed E-state index contributed by atoms with van der Waals surface area (Å²) >= 11 is 12.1. The minimum absolute atomic E-state index is 0.114. The molecule has 0 bridgehead atoms. The Bertz CT molecular complexity index is 607. The van der Waals surface area contributed by atoms with Crippen molar-refractivity contribution in [2.45, 2.75) is 19.8 Å². The van der Waals surface area contributed by atoms with Gasteiger partial charge in [-0.15, -0.1) is 0 Å². The second kappa shape index (κ2) is 7.88. The van der Waals surface area contributed by atoms with Crippen LogP contribution in [0.2, 0.25) is 10.0 Å². The molecule has 5 nitrogen and oxygen atoms in total. The summed E-state index contributed by atoms with van der Waals surface area (Å²) in [6, 6.07) is 3.11. The molecule has 1 aromatic carbocycles. The smallest absolute Gasteiger partial charge is 0.257 e. The summed E-state index contributed by atoms with van der Waals surface area (Å²) in [7, 11) is 1.47. The Hall–Kier alpha value is -1.46. The molecule has 1 saturated heterocycles. The van der Waals surface area contributed by atoms with Crippen molar-refractivity contribution in [1.82, 2.24) is 9.80 Å². The number of rotatable bonds is 3. The van der Waals surface area contributed by atoms with Gasteiger partial charge in [-0.2, -0.15) is 0 Å². The first-order valence-corrected chi connectivity index (χ1v) is 8.33. The fourth-order valence-corrected chi connectivity index (χ4v) is 3.26. The lowest BCUT2D eigenvalue weighted by molar-refractivity contribution is -0.130. The third-order valence-electron chi connectivity index (χ3n) is 3.88. The fraction of sp³-hybridized carbons (Fsp3) is 0.500. The number of hydrogen-bond acceptors (Lipinski definition) is 3. The van der Waals surface area contributed by atoms with Crippen molar-refractivity contribution in [3.63, 3.8) is 0 Å². The molecule has 0 N–H and O–H groups in total. The molecule has 126 valence electrons. The van der Waals surface area contributed by atoms with E-state index in [0.717, 1.165) is 6.42 Å². The van der Waals surface area contributed by atoms with Crippen molar-refractivity contribution in [3.05, 3.63) is 27.7 Å². The lowest BCUT2D eigenvalue weighted by atomic mass is 10.1. The van der Waals surface area contributed by atoms with Crippen LogP contribution in [0.15, 0.2) is 12.1 Å². The first-order valence-electron chi connectivity index (χ1n) is 7.58. The molecule has 1 aliphatic rings. The van der Waals surface area contributed by atoms with Crippen molar-refractivity contribution < 1.29 is 14.3 Å². The van der Waals surface area contributed by atoms with E-state index in [-0.39, 0.29) is 11.8 Å². The zero-order valence-corrected chi connectivity index (χ0v) is 14.8. The van der Waals surface area contributed by atoms with E-state index in [9.17, 15) is 9.59 Å². The molecule has 23 heavy (non-hydrogen) atoms. The number of amides is 2. The van der Waals surface area contributed by atoms with Crippen LogP contribution in [0.4, 0.5) is 0 Å². The number of halogens is 2. The quantitative estimate of drug-likeness (QED) is 0.833. The van der Waals surface area contributed by atoms with Crippen LogP contribution in [0.25, 0.3) is 0 Å². The molecule has 0 aliphatic carbocycles. The molecule has 2 amide bonds. The number of carbonyl (C=O) groups is 2. The summed E-state index contributed by atoms with van der Waals surface area (Å²) in [5, 5.41) is 0.692. The summed E-state index contributed by atoms with van der Waals surface area (Å²) in [6.07, 6.45) is 1.22. The van der Waals surface area contributed by atoms with Gasteiger partial charge in [0.2, 0.25) is 5.91 Å². The predicted molar refractivity (Wildman–Crippen MR) is 90.4 cm³/mol. The van der Waals surface area contributed by atoms with Crippen molar-refractivity contribution in [3.8, 4) is 5.75 Å². The third kappa shape index (κ3) is 4.09. The largest absolute Gasteiger partial charge is 0.494 e. The molecule has 1 aromatic rings. The summed E-state index contributed by atoms with van der Waals surface area (Å²) in [4.78, 5) is 28.1. The number of hydrogen-bond donors (Lipinski definition) is 0. The van der Waals surface area contributed by atoms with Crippen molar-refractivity contribution in [2.24, 2.45) is 0 Å². The third-order valence-corrected chi connectivity index (χ3v) is 4.38. The Labute approximate surface area is 146 Å². The van der Waals surface area contributed by atoms with Gasteiger partial charge in [-0.3, -0.25) is 9.59 Å². The zero-order valence-electron chi connectivity index (χ0n) is 13.3. The lowest BCUT2D eigenvalue weighted by Gasteiger charge is -2.23. The van der Waals surface area contributed by atoms with Crippen LogP contribution < -0.4 is 4.74 Å².